The Morgan fingerprint density at radius 3 is 2.89 bits per heavy atom. The van der Waals surface area contributed by atoms with Crippen LogP contribution < -0.4 is 10.1 Å². The van der Waals surface area contributed by atoms with Crippen LogP contribution in [0, 0.1) is 5.41 Å². The Balaban J connectivity index is 2.41. The number of thioether (sulfide) groups is 1. The zero-order valence-corrected chi connectivity index (χ0v) is 13.1. The molecular formula is C13H16BrNO2S. The second kappa shape index (κ2) is 5.13. The fourth-order valence-corrected chi connectivity index (χ4v) is 3.52. The van der Waals surface area contributed by atoms with Gasteiger partial charge in [0.2, 0.25) is 5.91 Å². The number of ether oxygens (including phenoxy) is 1. The summed E-state index contributed by atoms with van der Waals surface area (Å²) in [6, 6.07) is 3.87. The quantitative estimate of drug-likeness (QED) is 0.893. The molecular weight excluding hydrogens is 314 g/mol. The van der Waals surface area contributed by atoms with Crippen LogP contribution in [-0.2, 0) is 4.79 Å². The van der Waals surface area contributed by atoms with E-state index < -0.39 is 0 Å². The van der Waals surface area contributed by atoms with Gasteiger partial charge >= 0.3 is 0 Å². The number of methoxy groups -OCH3 is 1. The fraction of sp³-hybridized carbons (Fsp3) is 0.462. The minimum absolute atomic E-state index is 0.0910. The average Bonchev–Trinajstić information content (AvgIpc) is 2.47. The molecule has 0 saturated carbocycles. The van der Waals surface area contributed by atoms with Crippen LogP contribution in [0.5, 0.6) is 5.75 Å². The SMILES string of the molecule is CCC1(C)CSc2cc(OC)c(Br)cc2NC1=O. The van der Waals surface area contributed by atoms with Crippen LogP contribution in [-0.4, -0.2) is 18.8 Å². The molecule has 2 rings (SSSR count). The highest BCUT2D eigenvalue weighted by atomic mass is 79.9. The number of amides is 1. The van der Waals surface area contributed by atoms with E-state index in [1.165, 1.54) is 0 Å². The zero-order valence-electron chi connectivity index (χ0n) is 10.7. The van der Waals surface area contributed by atoms with Crippen LogP contribution in [0.15, 0.2) is 21.5 Å². The lowest BCUT2D eigenvalue weighted by molar-refractivity contribution is -0.123. The second-order valence-corrected chi connectivity index (χ2v) is 6.51. The van der Waals surface area contributed by atoms with Crippen LogP contribution in [0.25, 0.3) is 0 Å². The van der Waals surface area contributed by atoms with E-state index in [0.29, 0.717) is 0 Å². The number of carbonyl (C=O) groups is 1. The number of halogens is 1. The standard InChI is InChI=1S/C13H16BrNO2S/c1-4-13(2)7-18-11-6-10(17-3)8(14)5-9(11)15-12(13)16/h5-6H,4,7H2,1-3H3,(H,15,16). The highest BCUT2D eigenvalue weighted by Gasteiger charge is 2.34. The van der Waals surface area contributed by atoms with Crippen molar-refractivity contribution in [3.63, 3.8) is 0 Å². The van der Waals surface area contributed by atoms with Gasteiger partial charge in [0.1, 0.15) is 5.75 Å². The molecule has 1 N–H and O–H groups in total. The van der Waals surface area contributed by atoms with Gasteiger partial charge in [-0.05, 0) is 41.4 Å². The number of hydrogen-bond acceptors (Lipinski definition) is 3. The molecule has 0 bridgehead atoms. The Morgan fingerprint density at radius 1 is 1.56 bits per heavy atom. The molecule has 98 valence electrons. The van der Waals surface area contributed by atoms with Crippen molar-refractivity contribution in [2.24, 2.45) is 5.41 Å². The van der Waals surface area contributed by atoms with Crippen LogP contribution >= 0.6 is 27.7 Å². The summed E-state index contributed by atoms with van der Waals surface area (Å²) in [6.45, 7) is 4.06. The Hall–Kier alpha value is -0.680. The minimum Gasteiger partial charge on any atom is -0.496 e. The van der Waals surface area contributed by atoms with Crippen molar-refractivity contribution in [3.8, 4) is 5.75 Å². The van der Waals surface area contributed by atoms with Crippen molar-refractivity contribution in [1.29, 1.82) is 0 Å². The maximum absolute atomic E-state index is 12.2. The number of nitrogens with one attached hydrogen (secondary N) is 1. The molecule has 1 unspecified atom stereocenters. The monoisotopic (exact) mass is 329 g/mol. The number of carbonyl (C=O) groups excluding carboxylic acids is 1. The van der Waals surface area contributed by atoms with Gasteiger partial charge in [0.05, 0.1) is 22.7 Å². The summed E-state index contributed by atoms with van der Waals surface area (Å²) in [5.41, 5.74) is 0.540. The molecule has 0 spiro atoms. The summed E-state index contributed by atoms with van der Waals surface area (Å²) in [7, 11) is 1.64. The summed E-state index contributed by atoms with van der Waals surface area (Å²) < 4.78 is 6.14. The first-order valence-electron chi connectivity index (χ1n) is 5.82. The highest BCUT2D eigenvalue weighted by molar-refractivity contribution is 9.10. The lowest BCUT2D eigenvalue weighted by Gasteiger charge is -2.23. The molecule has 3 nitrogen and oxygen atoms in total. The number of benzene rings is 1. The van der Waals surface area contributed by atoms with Gasteiger partial charge in [-0.1, -0.05) is 6.92 Å². The maximum Gasteiger partial charge on any atom is 0.231 e. The van der Waals surface area contributed by atoms with E-state index in [-0.39, 0.29) is 11.3 Å². The molecule has 1 aliphatic heterocycles. The van der Waals surface area contributed by atoms with E-state index >= 15 is 0 Å². The summed E-state index contributed by atoms with van der Waals surface area (Å²) in [4.78, 5) is 13.3. The Morgan fingerprint density at radius 2 is 2.28 bits per heavy atom. The van der Waals surface area contributed by atoms with Gasteiger partial charge < -0.3 is 10.1 Å². The second-order valence-electron chi connectivity index (χ2n) is 4.64. The lowest BCUT2D eigenvalue weighted by Crippen LogP contribution is -2.33. The summed E-state index contributed by atoms with van der Waals surface area (Å²) >= 11 is 5.14. The molecule has 1 aliphatic rings. The normalized spacial score (nSPS) is 23.0. The Bertz CT molecular complexity index is 492. The van der Waals surface area contributed by atoms with Crippen LogP contribution in [0.2, 0.25) is 0 Å². The molecule has 1 amide bonds. The first-order valence-corrected chi connectivity index (χ1v) is 7.60. The number of hydrogen-bond donors (Lipinski definition) is 1. The van der Waals surface area contributed by atoms with E-state index in [1.807, 2.05) is 26.0 Å². The van der Waals surface area contributed by atoms with E-state index in [9.17, 15) is 4.79 Å². The van der Waals surface area contributed by atoms with Crippen molar-refractivity contribution < 1.29 is 9.53 Å². The smallest absolute Gasteiger partial charge is 0.231 e. The maximum atomic E-state index is 12.2. The van der Waals surface area contributed by atoms with Gasteiger partial charge in [0.25, 0.3) is 0 Å². The van der Waals surface area contributed by atoms with Crippen molar-refractivity contribution in [1.82, 2.24) is 0 Å². The number of fused-ring (bicyclic) bond motifs is 1. The Labute approximate surface area is 120 Å². The summed E-state index contributed by atoms with van der Waals surface area (Å²) in [5, 5.41) is 3.01. The summed E-state index contributed by atoms with van der Waals surface area (Å²) in [6.07, 6.45) is 0.831. The molecule has 1 aromatic carbocycles. The van der Waals surface area contributed by atoms with E-state index in [0.717, 1.165) is 33.0 Å². The third-order valence-corrected chi connectivity index (χ3v) is 5.43. The molecule has 0 saturated heterocycles. The highest BCUT2D eigenvalue weighted by Crippen LogP contribution is 2.43. The third kappa shape index (κ3) is 2.38. The van der Waals surface area contributed by atoms with Gasteiger partial charge in [-0.3, -0.25) is 4.79 Å². The van der Waals surface area contributed by atoms with E-state index in [4.69, 9.17) is 4.74 Å². The molecule has 1 aromatic rings. The van der Waals surface area contributed by atoms with Crippen LogP contribution in [0.1, 0.15) is 20.3 Å². The topological polar surface area (TPSA) is 38.3 Å². The van der Waals surface area contributed by atoms with Crippen molar-refractivity contribution in [3.05, 3.63) is 16.6 Å². The molecule has 0 radical (unpaired) electrons. The van der Waals surface area contributed by atoms with Crippen molar-refractivity contribution >= 4 is 39.3 Å². The van der Waals surface area contributed by atoms with Crippen LogP contribution in [0.3, 0.4) is 0 Å². The van der Waals surface area contributed by atoms with Crippen LogP contribution in [0.4, 0.5) is 5.69 Å². The first-order chi connectivity index (χ1) is 8.50. The third-order valence-electron chi connectivity index (χ3n) is 3.38. The van der Waals surface area contributed by atoms with E-state index in [2.05, 4.69) is 21.2 Å². The predicted molar refractivity (Wildman–Crippen MR) is 78.4 cm³/mol. The average molecular weight is 330 g/mol. The molecule has 18 heavy (non-hydrogen) atoms. The molecule has 1 atom stereocenters. The summed E-state index contributed by atoms with van der Waals surface area (Å²) in [5.74, 6) is 1.66. The fourth-order valence-electron chi connectivity index (χ4n) is 1.75. The lowest BCUT2D eigenvalue weighted by atomic mass is 9.89. The zero-order chi connectivity index (χ0) is 13.3. The Kier molecular flexibility index (Phi) is 3.92. The number of rotatable bonds is 2. The molecule has 0 fully saturated rings. The van der Waals surface area contributed by atoms with Gasteiger partial charge in [0, 0.05) is 10.6 Å². The molecule has 0 aliphatic carbocycles. The number of anilines is 1. The van der Waals surface area contributed by atoms with Gasteiger partial charge in [-0.2, -0.15) is 0 Å². The first kappa shape index (κ1) is 13.7. The van der Waals surface area contributed by atoms with Crippen molar-refractivity contribution in [2.75, 3.05) is 18.2 Å². The minimum atomic E-state index is -0.316. The molecule has 1 heterocycles. The van der Waals surface area contributed by atoms with Crippen molar-refractivity contribution in [2.45, 2.75) is 25.2 Å². The van der Waals surface area contributed by atoms with Gasteiger partial charge in [-0.25, -0.2) is 0 Å². The van der Waals surface area contributed by atoms with Gasteiger partial charge in [-0.15, -0.1) is 11.8 Å². The molecule has 0 aromatic heterocycles. The van der Waals surface area contributed by atoms with Gasteiger partial charge in [0.15, 0.2) is 0 Å². The molecule has 5 heteroatoms. The largest absolute Gasteiger partial charge is 0.496 e. The van der Waals surface area contributed by atoms with E-state index in [1.54, 1.807) is 18.9 Å². The predicted octanol–water partition coefficient (Wildman–Crippen LogP) is 3.92.